The number of hydrogen-bond donors (Lipinski definition) is 1. The summed E-state index contributed by atoms with van der Waals surface area (Å²) in [7, 11) is 0. The summed E-state index contributed by atoms with van der Waals surface area (Å²) in [5, 5.41) is 13.8. The summed E-state index contributed by atoms with van der Waals surface area (Å²) in [6.45, 7) is 2.25. The van der Waals surface area contributed by atoms with Gasteiger partial charge in [0.25, 0.3) is 5.89 Å². The fourth-order valence-electron chi connectivity index (χ4n) is 4.17. The second-order valence-corrected chi connectivity index (χ2v) is 8.97. The van der Waals surface area contributed by atoms with Gasteiger partial charge in [-0.25, -0.2) is 0 Å². The minimum Gasteiger partial charge on any atom is -0.481 e. The molecule has 1 N–H and O–H groups in total. The first-order valence-electron chi connectivity index (χ1n) is 11.5. The van der Waals surface area contributed by atoms with Crippen LogP contribution in [-0.4, -0.2) is 39.2 Å². The number of carboxylic acids is 1. The molecule has 1 aliphatic rings. The number of hydrogen-bond acceptors (Lipinski definition) is 6. The van der Waals surface area contributed by atoms with Crippen molar-refractivity contribution in [2.45, 2.75) is 19.4 Å². The molecule has 1 aromatic heterocycles. The lowest BCUT2D eigenvalue weighted by atomic mass is 9.97. The van der Waals surface area contributed by atoms with Gasteiger partial charge >= 0.3 is 5.97 Å². The second kappa shape index (κ2) is 11.6. The number of likely N-dealkylation sites (tertiary alicyclic amines) is 1. The van der Waals surface area contributed by atoms with Gasteiger partial charge in [-0.05, 0) is 80.0 Å². The van der Waals surface area contributed by atoms with E-state index in [4.69, 9.17) is 26.0 Å². The van der Waals surface area contributed by atoms with Crippen LogP contribution in [0.1, 0.15) is 18.4 Å². The van der Waals surface area contributed by atoms with Gasteiger partial charge in [0.2, 0.25) is 5.82 Å². The molecule has 9 heteroatoms. The Morgan fingerprint density at radius 2 is 1.72 bits per heavy atom. The van der Waals surface area contributed by atoms with Gasteiger partial charge in [0.15, 0.2) is 0 Å². The van der Waals surface area contributed by atoms with Crippen LogP contribution in [0.15, 0.2) is 77.3 Å². The van der Waals surface area contributed by atoms with Crippen molar-refractivity contribution in [1.29, 1.82) is 0 Å². The smallest absolute Gasteiger partial charge is 0.306 e. The van der Waals surface area contributed by atoms with E-state index >= 15 is 0 Å². The molecule has 0 amide bonds. The summed E-state index contributed by atoms with van der Waals surface area (Å²) in [5.74, 6) is 1.36. The zero-order valence-electron chi connectivity index (χ0n) is 19.3. The summed E-state index contributed by atoms with van der Waals surface area (Å²) >= 11 is 6.56. The number of rotatable bonds is 7. The van der Waals surface area contributed by atoms with E-state index in [0.717, 1.165) is 36.5 Å². The van der Waals surface area contributed by atoms with Crippen LogP contribution in [-0.2, 0) is 11.3 Å². The highest BCUT2D eigenvalue weighted by atomic mass is 35.5. The van der Waals surface area contributed by atoms with Gasteiger partial charge in [-0.3, -0.25) is 9.69 Å². The average molecular weight is 526 g/mol. The zero-order chi connectivity index (χ0) is 24.2. The largest absolute Gasteiger partial charge is 0.481 e. The minimum atomic E-state index is -0.701. The van der Waals surface area contributed by atoms with Crippen LogP contribution >= 0.6 is 24.0 Å². The molecule has 0 atom stereocenters. The fourth-order valence-corrected chi connectivity index (χ4v) is 4.46. The highest BCUT2D eigenvalue weighted by Gasteiger charge is 2.24. The van der Waals surface area contributed by atoms with Crippen LogP contribution < -0.4 is 4.74 Å². The van der Waals surface area contributed by atoms with Crippen molar-refractivity contribution < 1.29 is 19.2 Å². The molecule has 0 bridgehead atoms. The lowest BCUT2D eigenvalue weighted by molar-refractivity contribution is -0.143. The van der Waals surface area contributed by atoms with Gasteiger partial charge in [-0.2, -0.15) is 4.98 Å². The maximum atomic E-state index is 11.1. The van der Waals surface area contributed by atoms with Gasteiger partial charge in [0, 0.05) is 17.7 Å². The third kappa shape index (κ3) is 6.05. The summed E-state index contributed by atoms with van der Waals surface area (Å²) in [6.07, 6.45) is 1.35. The van der Waals surface area contributed by atoms with Gasteiger partial charge in [0.1, 0.15) is 11.5 Å². The van der Waals surface area contributed by atoms with Crippen molar-refractivity contribution in [2.24, 2.45) is 5.92 Å². The summed E-state index contributed by atoms with van der Waals surface area (Å²) in [5.41, 5.74) is 2.53. The average Bonchev–Trinajstić information content (AvgIpc) is 3.35. The molecule has 4 aromatic rings. The highest BCUT2D eigenvalue weighted by molar-refractivity contribution is 6.33. The standard InChI is InChI=1S/C27H24ClN3O4.ClH/c28-24-16-18(17-31-14-12-20(13-15-31)27(32)33)6-11-23(24)25-29-26(35-30-25)19-7-9-22(10-8-19)34-21-4-2-1-3-5-21;/h1-11,16,20H,12-15,17H2,(H,32,33);1H. The number of carbonyl (C=O) groups is 1. The molecule has 7 nitrogen and oxygen atoms in total. The van der Waals surface area contributed by atoms with Crippen molar-refractivity contribution in [1.82, 2.24) is 15.0 Å². The topological polar surface area (TPSA) is 88.7 Å². The predicted molar refractivity (Wildman–Crippen MR) is 140 cm³/mol. The Kier molecular flexibility index (Phi) is 8.25. The molecule has 1 aliphatic heterocycles. The number of piperidine rings is 1. The molecule has 3 aromatic carbocycles. The normalized spacial score (nSPS) is 14.2. The van der Waals surface area contributed by atoms with E-state index in [1.165, 1.54) is 0 Å². The third-order valence-electron chi connectivity index (χ3n) is 6.12. The molecule has 0 aliphatic carbocycles. The van der Waals surface area contributed by atoms with E-state index in [9.17, 15) is 4.79 Å². The van der Waals surface area contributed by atoms with Gasteiger partial charge < -0.3 is 14.4 Å². The van der Waals surface area contributed by atoms with Crippen molar-refractivity contribution in [3.63, 3.8) is 0 Å². The summed E-state index contributed by atoms with van der Waals surface area (Å²) in [4.78, 5) is 17.9. The lowest BCUT2D eigenvalue weighted by Gasteiger charge is -2.30. The molecular weight excluding hydrogens is 501 g/mol. The van der Waals surface area contributed by atoms with Crippen molar-refractivity contribution in [2.75, 3.05) is 13.1 Å². The summed E-state index contributed by atoms with van der Waals surface area (Å²) in [6, 6.07) is 22.8. The third-order valence-corrected chi connectivity index (χ3v) is 6.44. The molecule has 5 rings (SSSR count). The Bertz CT molecular complexity index is 1300. The molecule has 0 unspecified atom stereocenters. The SMILES string of the molecule is Cl.O=C(O)C1CCN(Cc2ccc(-c3noc(-c4ccc(Oc5ccccc5)cc4)n3)c(Cl)c2)CC1. The Labute approximate surface area is 220 Å². The van der Waals surface area contributed by atoms with Gasteiger partial charge in [0.05, 0.1) is 10.9 Å². The second-order valence-electron chi connectivity index (χ2n) is 8.57. The van der Waals surface area contributed by atoms with Crippen LogP contribution in [0.4, 0.5) is 0 Å². The van der Waals surface area contributed by atoms with Crippen LogP contribution in [0.25, 0.3) is 22.8 Å². The van der Waals surface area contributed by atoms with E-state index < -0.39 is 5.97 Å². The number of benzene rings is 3. The minimum absolute atomic E-state index is 0. The number of ether oxygens (including phenoxy) is 1. The first kappa shape index (κ1) is 25.7. The molecule has 2 heterocycles. The maximum Gasteiger partial charge on any atom is 0.306 e. The number of nitrogens with zero attached hydrogens (tertiary/aromatic N) is 3. The number of para-hydroxylation sites is 1. The Hall–Kier alpha value is -3.39. The number of halogens is 2. The van der Waals surface area contributed by atoms with Crippen LogP contribution in [0, 0.1) is 5.92 Å². The first-order valence-corrected chi connectivity index (χ1v) is 11.8. The van der Waals surface area contributed by atoms with E-state index in [1.807, 2.05) is 72.8 Å². The molecular formula is C27H25Cl2N3O4. The molecule has 36 heavy (non-hydrogen) atoms. The van der Waals surface area contributed by atoms with Gasteiger partial charge in [-0.15, -0.1) is 12.4 Å². The zero-order valence-corrected chi connectivity index (χ0v) is 20.9. The molecule has 0 saturated carbocycles. The Morgan fingerprint density at radius 3 is 2.39 bits per heavy atom. The molecule has 186 valence electrons. The maximum absolute atomic E-state index is 11.1. The van der Waals surface area contributed by atoms with Crippen LogP contribution in [0.3, 0.4) is 0 Å². The molecule has 1 saturated heterocycles. The summed E-state index contributed by atoms with van der Waals surface area (Å²) < 4.78 is 11.3. The monoisotopic (exact) mass is 525 g/mol. The fraction of sp³-hybridized carbons (Fsp3) is 0.222. The Balaban J connectivity index is 0.00000304. The van der Waals surface area contributed by atoms with E-state index in [-0.39, 0.29) is 18.3 Å². The number of carboxylic acid groups (broad SMARTS) is 1. The number of aromatic nitrogens is 2. The number of aliphatic carboxylic acids is 1. The Morgan fingerprint density at radius 1 is 1.03 bits per heavy atom. The predicted octanol–water partition coefficient (Wildman–Crippen LogP) is 6.57. The first-order chi connectivity index (χ1) is 17.0. The van der Waals surface area contributed by atoms with E-state index in [2.05, 4.69) is 15.0 Å². The van der Waals surface area contributed by atoms with E-state index in [0.29, 0.717) is 40.9 Å². The lowest BCUT2D eigenvalue weighted by Crippen LogP contribution is -2.35. The van der Waals surface area contributed by atoms with Crippen molar-refractivity contribution in [3.8, 4) is 34.3 Å². The quantitative estimate of drug-likeness (QED) is 0.292. The van der Waals surface area contributed by atoms with Crippen molar-refractivity contribution in [3.05, 3.63) is 83.4 Å². The molecule has 1 fully saturated rings. The van der Waals surface area contributed by atoms with Gasteiger partial charge in [-0.1, -0.05) is 41.0 Å². The van der Waals surface area contributed by atoms with E-state index in [1.54, 1.807) is 0 Å². The molecule has 0 spiro atoms. The highest BCUT2D eigenvalue weighted by Crippen LogP contribution is 2.31. The van der Waals surface area contributed by atoms with Crippen molar-refractivity contribution >= 4 is 30.0 Å². The van der Waals surface area contributed by atoms with Crippen LogP contribution in [0.5, 0.6) is 11.5 Å². The molecule has 0 radical (unpaired) electrons. The van der Waals surface area contributed by atoms with Crippen LogP contribution in [0.2, 0.25) is 5.02 Å².